The number of hydrogen-bond acceptors (Lipinski definition) is 2. The van der Waals surface area contributed by atoms with E-state index < -0.39 is 5.97 Å². The van der Waals surface area contributed by atoms with Gasteiger partial charge in [0.15, 0.2) is 5.69 Å². The minimum absolute atomic E-state index is 0.0806. The minimum Gasteiger partial charge on any atom is -0.476 e. The van der Waals surface area contributed by atoms with Crippen LogP contribution in [0.5, 0.6) is 0 Å². The first kappa shape index (κ1) is 12.9. The summed E-state index contributed by atoms with van der Waals surface area (Å²) in [6.45, 7) is 1.74. The molecule has 0 radical (unpaired) electrons. The smallest absolute Gasteiger partial charge is 0.356 e. The predicted molar refractivity (Wildman–Crippen MR) is 80.5 cm³/mol. The molecule has 100 valence electrons. The Labute approximate surface area is 123 Å². The quantitative estimate of drug-likeness (QED) is 0.777. The zero-order valence-electron chi connectivity index (χ0n) is 10.7. The normalized spacial score (nSPS) is 10.9. The third-order valence-corrected chi connectivity index (χ3v) is 3.89. The van der Waals surface area contributed by atoms with Crippen LogP contribution < -0.4 is 0 Å². The van der Waals surface area contributed by atoms with Crippen molar-refractivity contribution in [2.75, 3.05) is 0 Å². The van der Waals surface area contributed by atoms with Crippen molar-refractivity contribution in [3.63, 3.8) is 0 Å². The summed E-state index contributed by atoms with van der Waals surface area (Å²) < 4.78 is 2.62. The lowest BCUT2D eigenvalue weighted by atomic mass is 10.1. The summed E-state index contributed by atoms with van der Waals surface area (Å²) in [4.78, 5) is 11.1. The Morgan fingerprint density at radius 2 is 1.90 bits per heavy atom. The molecule has 0 unspecified atom stereocenters. The molecule has 1 N–H and O–H groups in total. The van der Waals surface area contributed by atoms with E-state index in [4.69, 9.17) is 5.11 Å². The van der Waals surface area contributed by atoms with Gasteiger partial charge in [0.1, 0.15) is 0 Å². The van der Waals surface area contributed by atoms with E-state index in [1.807, 2.05) is 36.4 Å². The summed E-state index contributed by atoms with van der Waals surface area (Å²) in [6.07, 6.45) is 1.74. The fourth-order valence-corrected chi connectivity index (χ4v) is 2.72. The topological polar surface area (TPSA) is 55.1 Å². The molecule has 0 bridgehead atoms. The van der Waals surface area contributed by atoms with Crippen molar-refractivity contribution in [2.45, 2.75) is 6.92 Å². The standard InChI is InChI=1S/C15H11BrN2O2/c1-9-8-18(17-14(9)15(19)20)13-7-6-12(16)10-4-2-3-5-11(10)13/h2-8H,1H3,(H,19,20). The first-order chi connectivity index (χ1) is 9.58. The van der Waals surface area contributed by atoms with Crippen molar-refractivity contribution < 1.29 is 9.90 Å². The van der Waals surface area contributed by atoms with Crippen LogP contribution in [0.2, 0.25) is 0 Å². The molecule has 0 fully saturated rings. The summed E-state index contributed by atoms with van der Waals surface area (Å²) in [5.41, 5.74) is 1.58. The van der Waals surface area contributed by atoms with Gasteiger partial charge < -0.3 is 5.11 Å². The lowest BCUT2D eigenvalue weighted by Gasteiger charge is -2.08. The van der Waals surface area contributed by atoms with Gasteiger partial charge >= 0.3 is 5.97 Å². The molecule has 3 rings (SSSR count). The maximum Gasteiger partial charge on any atom is 0.356 e. The second kappa shape index (κ2) is 4.76. The number of aromatic nitrogens is 2. The number of aromatic carboxylic acids is 1. The van der Waals surface area contributed by atoms with E-state index in [0.29, 0.717) is 5.56 Å². The molecular formula is C15H11BrN2O2. The number of benzene rings is 2. The molecule has 3 aromatic rings. The third-order valence-electron chi connectivity index (χ3n) is 3.19. The number of carboxylic acid groups (broad SMARTS) is 1. The summed E-state index contributed by atoms with van der Waals surface area (Å²) >= 11 is 3.52. The van der Waals surface area contributed by atoms with Gasteiger partial charge in [0.05, 0.1) is 5.69 Å². The van der Waals surface area contributed by atoms with Crippen molar-refractivity contribution in [2.24, 2.45) is 0 Å². The Morgan fingerprint density at radius 3 is 2.55 bits per heavy atom. The molecule has 0 atom stereocenters. The van der Waals surface area contributed by atoms with E-state index in [9.17, 15) is 4.79 Å². The van der Waals surface area contributed by atoms with Gasteiger partial charge in [0.2, 0.25) is 0 Å². The van der Waals surface area contributed by atoms with E-state index in [0.717, 1.165) is 20.9 Å². The number of rotatable bonds is 2. The van der Waals surface area contributed by atoms with E-state index in [2.05, 4.69) is 21.0 Å². The number of halogens is 1. The van der Waals surface area contributed by atoms with Gasteiger partial charge in [-0.2, -0.15) is 5.10 Å². The maximum absolute atomic E-state index is 11.1. The number of nitrogens with zero attached hydrogens (tertiary/aromatic N) is 2. The lowest BCUT2D eigenvalue weighted by molar-refractivity contribution is 0.0689. The average Bonchev–Trinajstić information content (AvgIpc) is 2.81. The number of hydrogen-bond donors (Lipinski definition) is 1. The molecule has 0 saturated heterocycles. The molecule has 0 saturated carbocycles. The highest BCUT2D eigenvalue weighted by molar-refractivity contribution is 9.10. The lowest BCUT2D eigenvalue weighted by Crippen LogP contribution is -2.02. The molecule has 1 heterocycles. The summed E-state index contributed by atoms with van der Waals surface area (Å²) in [6, 6.07) is 11.8. The molecular weight excluding hydrogens is 320 g/mol. The second-order valence-corrected chi connectivity index (χ2v) is 5.38. The zero-order valence-corrected chi connectivity index (χ0v) is 12.3. The Morgan fingerprint density at radius 1 is 1.20 bits per heavy atom. The number of carboxylic acids is 1. The van der Waals surface area contributed by atoms with Crippen LogP contribution in [0.3, 0.4) is 0 Å². The monoisotopic (exact) mass is 330 g/mol. The van der Waals surface area contributed by atoms with Crippen LogP contribution in [0, 0.1) is 6.92 Å². The van der Waals surface area contributed by atoms with E-state index in [-0.39, 0.29) is 5.69 Å². The fourth-order valence-electron chi connectivity index (χ4n) is 2.24. The summed E-state index contributed by atoms with van der Waals surface area (Å²) in [7, 11) is 0. The number of fused-ring (bicyclic) bond motifs is 1. The molecule has 20 heavy (non-hydrogen) atoms. The minimum atomic E-state index is -1.01. The van der Waals surface area contributed by atoms with Gasteiger partial charge in [0.25, 0.3) is 0 Å². The van der Waals surface area contributed by atoms with Crippen LogP contribution in [0.15, 0.2) is 47.1 Å². The summed E-state index contributed by atoms with van der Waals surface area (Å²) in [5.74, 6) is -1.01. The SMILES string of the molecule is Cc1cn(-c2ccc(Br)c3ccccc23)nc1C(=O)O. The van der Waals surface area contributed by atoms with Crippen molar-refractivity contribution in [3.05, 3.63) is 58.3 Å². The van der Waals surface area contributed by atoms with Crippen LogP contribution in [0.25, 0.3) is 16.5 Å². The largest absolute Gasteiger partial charge is 0.476 e. The van der Waals surface area contributed by atoms with Crippen molar-refractivity contribution in [1.82, 2.24) is 9.78 Å². The molecule has 0 aliphatic heterocycles. The second-order valence-electron chi connectivity index (χ2n) is 4.52. The van der Waals surface area contributed by atoms with Crippen LogP contribution in [0.4, 0.5) is 0 Å². The predicted octanol–water partition coefficient (Wildman–Crippen LogP) is 3.79. The summed E-state index contributed by atoms with van der Waals surface area (Å²) in [5, 5.41) is 15.3. The van der Waals surface area contributed by atoms with Crippen molar-refractivity contribution >= 4 is 32.7 Å². The van der Waals surface area contributed by atoms with E-state index in [1.54, 1.807) is 17.8 Å². The van der Waals surface area contributed by atoms with E-state index in [1.165, 1.54) is 0 Å². The highest BCUT2D eigenvalue weighted by Crippen LogP contribution is 2.29. The van der Waals surface area contributed by atoms with Crippen LogP contribution in [-0.2, 0) is 0 Å². The fraction of sp³-hybridized carbons (Fsp3) is 0.0667. The van der Waals surface area contributed by atoms with Gasteiger partial charge in [0, 0.05) is 21.6 Å². The average molecular weight is 331 g/mol. The van der Waals surface area contributed by atoms with Crippen LogP contribution in [-0.4, -0.2) is 20.9 Å². The third kappa shape index (κ3) is 2.00. The molecule has 1 aromatic heterocycles. The van der Waals surface area contributed by atoms with Crippen LogP contribution >= 0.6 is 15.9 Å². The molecule has 0 aliphatic rings. The number of carbonyl (C=O) groups is 1. The first-order valence-electron chi connectivity index (χ1n) is 6.05. The van der Waals surface area contributed by atoms with Gasteiger partial charge in [-0.3, -0.25) is 0 Å². The Balaban J connectivity index is 2.28. The highest BCUT2D eigenvalue weighted by Gasteiger charge is 2.14. The molecule has 0 spiro atoms. The van der Waals surface area contributed by atoms with Crippen molar-refractivity contribution in [1.29, 1.82) is 0 Å². The maximum atomic E-state index is 11.1. The Kier molecular flexibility index (Phi) is 3.06. The van der Waals surface area contributed by atoms with Gasteiger partial charge in [-0.05, 0) is 24.4 Å². The Bertz CT molecular complexity index is 824. The molecule has 5 heteroatoms. The highest BCUT2D eigenvalue weighted by atomic mass is 79.9. The van der Waals surface area contributed by atoms with Gasteiger partial charge in [-0.15, -0.1) is 0 Å². The van der Waals surface area contributed by atoms with Gasteiger partial charge in [-0.1, -0.05) is 40.2 Å². The molecule has 0 amide bonds. The zero-order chi connectivity index (χ0) is 14.3. The molecule has 2 aromatic carbocycles. The van der Waals surface area contributed by atoms with E-state index >= 15 is 0 Å². The molecule has 0 aliphatic carbocycles. The number of aryl methyl sites for hydroxylation is 1. The van der Waals surface area contributed by atoms with Crippen molar-refractivity contribution in [3.8, 4) is 5.69 Å². The molecule has 4 nitrogen and oxygen atoms in total. The Hall–Kier alpha value is -2.14. The van der Waals surface area contributed by atoms with Gasteiger partial charge in [-0.25, -0.2) is 9.48 Å². The van der Waals surface area contributed by atoms with Crippen LogP contribution in [0.1, 0.15) is 16.1 Å². The first-order valence-corrected chi connectivity index (χ1v) is 6.84.